The van der Waals surface area contributed by atoms with Gasteiger partial charge in [0.15, 0.2) is 0 Å². The summed E-state index contributed by atoms with van der Waals surface area (Å²) < 4.78 is 1.87. The third kappa shape index (κ3) is 2.70. The standard InChI is InChI=1S/C8H14N4S/c1(2-9-8-6-13-7-8)4-12-5-3-10-11-12/h3,5,8-9H,1-2,4,6-7H2. The summed E-state index contributed by atoms with van der Waals surface area (Å²) in [5.74, 6) is 2.56. The number of rotatable bonds is 5. The molecule has 0 spiro atoms. The topological polar surface area (TPSA) is 42.7 Å². The van der Waals surface area contributed by atoms with Crippen LogP contribution in [-0.2, 0) is 6.54 Å². The van der Waals surface area contributed by atoms with E-state index in [2.05, 4.69) is 15.6 Å². The minimum absolute atomic E-state index is 0.765. The van der Waals surface area contributed by atoms with Crippen molar-refractivity contribution in [2.45, 2.75) is 19.0 Å². The number of nitrogens with zero attached hydrogens (tertiary/aromatic N) is 3. The number of aromatic nitrogens is 3. The molecule has 0 aromatic carbocycles. The Hall–Kier alpha value is -0.550. The first-order valence-electron chi connectivity index (χ1n) is 4.60. The average molecular weight is 198 g/mol. The van der Waals surface area contributed by atoms with Crippen molar-refractivity contribution in [3.8, 4) is 0 Å². The van der Waals surface area contributed by atoms with Crippen LogP contribution in [0.2, 0.25) is 0 Å². The largest absolute Gasteiger partial charge is 0.312 e. The third-order valence-corrected chi connectivity index (χ3v) is 3.38. The number of hydrogen-bond donors (Lipinski definition) is 1. The first-order chi connectivity index (χ1) is 6.45. The molecule has 0 saturated carbocycles. The van der Waals surface area contributed by atoms with Crippen LogP contribution in [-0.4, -0.2) is 39.1 Å². The molecule has 5 heteroatoms. The van der Waals surface area contributed by atoms with Crippen LogP contribution in [0.1, 0.15) is 6.42 Å². The molecule has 0 unspecified atom stereocenters. The summed E-state index contributed by atoms with van der Waals surface area (Å²) in [5, 5.41) is 11.2. The lowest BCUT2D eigenvalue weighted by Crippen LogP contribution is -2.40. The zero-order chi connectivity index (χ0) is 8.93. The Morgan fingerprint density at radius 3 is 3.08 bits per heavy atom. The summed E-state index contributed by atoms with van der Waals surface area (Å²) in [6, 6.07) is 0.765. The highest BCUT2D eigenvalue weighted by Crippen LogP contribution is 2.16. The van der Waals surface area contributed by atoms with Crippen LogP contribution in [0.25, 0.3) is 0 Å². The molecule has 0 radical (unpaired) electrons. The Kier molecular flexibility index (Phi) is 3.21. The zero-order valence-corrected chi connectivity index (χ0v) is 8.33. The molecule has 1 fully saturated rings. The molecule has 1 aliphatic heterocycles. The fourth-order valence-electron chi connectivity index (χ4n) is 1.25. The lowest BCUT2D eigenvalue weighted by molar-refractivity contribution is 0.503. The summed E-state index contributed by atoms with van der Waals surface area (Å²) in [6.45, 7) is 2.05. The van der Waals surface area contributed by atoms with Gasteiger partial charge in [-0.05, 0) is 13.0 Å². The van der Waals surface area contributed by atoms with Crippen molar-refractivity contribution in [1.82, 2.24) is 20.3 Å². The van der Waals surface area contributed by atoms with Gasteiger partial charge in [0.25, 0.3) is 0 Å². The molecular formula is C8H14N4S. The van der Waals surface area contributed by atoms with Gasteiger partial charge in [0, 0.05) is 30.3 Å². The molecule has 4 nitrogen and oxygen atoms in total. The van der Waals surface area contributed by atoms with Gasteiger partial charge in [-0.25, -0.2) is 0 Å². The maximum Gasteiger partial charge on any atom is 0.0692 e. The first-order valence-corrected chi connectivity index (χ1v) is 5.76. The molecule has 2 heterocycles. The Bertz CT molecular complexity index is 232. The second-order valence-electron chi connectivity index (χ2n) is 3.21. The number of thioether (sulfide) groups is 1. The van der Waals surface area contributed by atoms with Crippen LogP contribution in [0.3, 0.4) is 0 Å². The van der Waals surface area contributed by atoms with Crippen molar-refractivity contribution in [3.63, 3.8) is 0 Å². The minimum Gasteiger partial charge on any atom is -0.312 e. The van der Waals surface area contributed by atoms with Crippen molar-refractivity contribution in [2.24, 2.45) is 0 Å². The van der Waals surface area contributed by atoms with E-state index < -0.39 is 0 Å². The molecule has 1 aliphatic rings. The average Bonchev–Trinajstić information content (AvgIpc) is 2.53. The maximum absolute atomic E-state index is 3.90. The minimum atomic E-state index is 0.765. The second-order valence-corrected chi connectivity index (χ2v) is 4.28. The van der Waals surface area contributed by atoms with Crippen molar-refractivity contribution >= 4 is 11.8 Å². The fraction of sp³-hybridized carbons (Fsp3) is 0.750. The van der Waals surface area contributed by atoms with Crippen LogP contribution in [0.4, 0.5) is 0 Å². The van der Waals surface area contributed by atoms with Crippen molar-refractivity contribution in [1.29, 1.82) is 0 Å². The van der Waals surface area contributed by atoms with Crippen LogP contribution in [0, 0.1) is 0 Å². The molecule has 1 saturated heterocycles. The molecule has 0 atom stereocenters. The van der Waals surface area contributed by atoms with Crippen molar-refractivity contribution < 1.29 is 0 Å². The predicted octanol–water partition coefficient (Wildman–Crippen LogP) is 0.373. The van der Waals surface area contributed by atoms with E-state index in [0.29, 0.717) is 0 Å². The smallest absolute Gasteiger partial charge is 0.0692 e. The van der Waals surface area contributed by atoms with E-state index in [1.54, 1.807) is 6.20 Å². The van der Waals surface area contributed by atoms with Gasteiger partial charge in [-0.2, -0.15) is 11.8 Å². The highest BCUT2D eigenvalue weighted by molar-refractivity contribution is 8.00. The zero-order valence-electron chi connectivity index (χ0n) is 7.52. The van der Waals surface area contributed by atoms with Gasteiger partial charge in [0.1, 0.15) is 0 Å². The van der Waals surface area contributed by atoms with Crippen LogP contribution >= 0.6 is 11.8 Å². The van der Waals surface area contributed by atoms with Crippen LogP contribution in [0.15, 0.2) is 12.4 Å². The third-order valence-electron chi connectivity index (χ3n) is 2.11. The van der Waals surface area contributed by atoms with Crippen molar-refractivity contribution in [3.05, 3.63) is 12.4 Å². The van der Waals surface area contributed by atoms with E-state index in [1.807, 2.05) is 22.6 Å². The summed E-state index contributed by atoms with van der Waals surface area (Å²) >= 11 is 2.01. The van der Waals surface area contributed by atoms with E-state index >= 15 is 0 Å². The Balaban J connectivity index is 1.53. The number of nitrogens with one attached hydrogen (secondary N) is 1. The SMILES string of the molecule is c1cn(CCCNC2CSC2)nn1. The van der Waals surface area contributed by atoms with E-state index in [0.717, 1.165) is 25.6 Å². The lowest BCUT2D eigenvalue weighted by atomic mass is 10.3. The van der Waals surface area contributed by atoms with E-state index in [4.69, 9.17) is 0 Å². The number of hydrogen-bond acceptors (Lipinski definition) is 4. The summed E-state index contributed by atoms with van der Waals surface area (Å²) in [7, 11) is 0. The highest BCUT2D eigenvalue weighted by Gasteiger charge is 2.16. The molecule has 72 valence electrons. The van der Waals surface area contributed by atoms with Crippen LogP contribution in [0.5, 0.6) is 0 Å². The monoisotopic (exact) mass is 198 g/mol. The molecule has 13 heavy (non-hydrogen) atoms. The van der Waals surface area contributed by atoms with Gasteiger partial charge in [-0.1, -0.05) is 5.21 Å². The van der Waals surface area contributed by atoms with Gasteiger partial charge < -0.3 is 5.32 Å². The Morgan fingerprint density at radius 1 is 1.54 bits per heavy atom. The quantitative estimate of drug-likeness (QED) is 0.694. The summed E-state index contributed by atoms with van der Waals surface area (Å²) in [4.78, 5) is 0. The van der Waals surface area contributed by atoms with Gasteiger partial charge in [0.2, 0.25) is 0 Å². The molecule has 1 N–H and O–H groups in total. The van der Waals surface area contributed by atoms with E-state index in [1.165, 1.54) is 11.5 Å². The molecule has 1 aromatic rings. The van der Waals surface area contributed by atoms with E-state index in [-0.39, 0.29) is 0 Å². The summed E-state index contributed by atoms with van der Waals surface area (Å²) in [5.41, 5.74) is 0. The van der Waals surface area contributed by atoms with Crippen LogP contribution < -0.4 is 5.32 Å². The Morgan fingerprint density at radius 2 is 2.46 bits per heavy atom. The maximum atomic E-state index is 3.90. The molecular weight excluding hydrogens is 184 g/mol. The fourth-order valence-corrected chi connectivity index (χ4v) is 1.96. The van der Waals surface area contributed by atoms with Gasteiger partial charge in [0.05, 0.1) is 6.20 Å². The van der Waals surface area contributed by atoms with Gasteiger partial charge in [-0.15, -0.1) is 5.10 Å². The molecule has 1 aromatic heterocycles. The first kappa shape index (κ1) is 9.02. The highest BCUT2D eigenvalue weighted by atomic mass is 32.2. The van der Waals surface area contributed by atoms with Gasteiger partial charge in [-0.3, -0.25) is 4.68 Å². The molecule has 0 bridgehead atoms. The molecule has 2 rings (SSSR count). The van der Waals surface area contributed by atoms with E-state index in [9.17, 15) is 0 Å². The lowest BCUT2D eigenvalue weighted by Gasteiger charge is -2.25. The molecule has 0 amide bonds. The predicted molar refractivity (Wildman–Crippen MR) is 53.8 cm³/mol. The summed E-state index contributed by atoms with van der Waals surface area (Å²) in [6.07, 6.45) is 4.75. The van der Waals surface area contributed by atoms with Crippen molar-refractivity contribution in [2.75, 3.05) is 18.1 Å². The normalized spacial score (nSPS) is 17.2. The second kappa shape index (κ2) is 4.62. The van der Waals surface area contributed by atoms with Gasteiger partial charge >= 0.3 is 0 Å². The molecule has 0 aliphatic carbocycles. The number of aryl methyl sites for hydroxylation is 1. The Labute approximate surface area is 82.1 Å².